The Morgan fingerprint density at radius 2 is 2.05 bits per heavy atom. The van der Waals surface area contributed by atoms with Gasteiger partial charge in [0.25, 0.3) is 0 Å². The van der Waals surface area contributed by atoms with Crippen LogP contribution in [0.1, 0.15) is 42.4 Å². The van der Waals surface area contributed by atoms with Gasteiger partial charge in [-0.25, -0.2) is 0 Å². The van der Waals surface area contributed by atoms with Gasteiger partial charge >= 0.3 is 0 Å². The second-order valence-electron chi connectivity index (χ2n) is 7.63. The quantitative estimate of drug-likeness (QED) is 0.567. The molecule has 106 valence electrons. The predicted molar refractivity (Wildman–Crippen MR) is 88.6 cm³/mol. The molecule has 21 heavy (non-hydrogen) atoms. The fourth-order valence-corrected chi connectivity index (χ4v) is 5.32. The number of hydrogen-bond acceptors (Lipinski definition) is 0. The summed E-state index contributed by atoms with van der Waals surface area (Å²) < 4.78 is 0. The third-order valence-electron chi connectivity index (χ3n) is 6.50. The van der Waals surface area contributed by atoms with Crippen LogP contribution in [0.25, 0.3) is 10.8 Å². The van der Waals surface area contributed by atoms with Gasteiger partial charge in [-0.3, -0.25) is 0 Å². The van der Waals surface area contributed by atoms with Crippen LogP contribution in [-0.2, 0) is 12.8 Å². The highest BCUT2D eigenvalue weighted by atomic mass is 14.5. The molecule has 2 bridgehead atoms. The molecule has 0 nitrogen and oxygen atoms in total. The second kappa shape index (κ2) is 4.00. The third-order valence-corrected chi connectivity index (χ3v) is 6.50. The topological polar surface area (TPSA) is 0 Å². The number of aryl methyl sites for hydroxylation is 2. The zero-order valence-electron chi connectivity index (χ0n) is 12.8. The van der Waals surface area contributed by atoms with Gasteiger partial charge in [0.2, 0.25) is 0 Å². The molecule has 5 rings (SSSR count). The first-order valence-electron chi connectivity index (χ1n) is 8.43. The standard InChI is InChI=1S/C21H22/c1-14-3-2-4-17-10-16-7-8-21(13-18(16)11-20(14)17)12-15-5-6-19(21)9-15/h2-5,10-11,19H,6-9,12-13H2,1H3. The van der Waals surface area contributed by atoms with Crippen molar-refractivity contribution < 1.29 is 0 Å². The van der Waals surface area contributed by atoms with Crippen molar-refractivity contribution in [2.24, 2.45) is 11.3 Å². The van der Waals surface area contributed by atoms with E-state index in [1.54, 1.807) is 16.7 Å². The third kappa shape index (κ3) is 1.62. The summed E-state index contributed by atoms with van der Waals surface area (Å²) in [5, 5.41) is 2.90. The molecule has 1 spiro atoms. The predicted octanol–water partition coefficient (Wildman–Crippen LogP) is 5.36. The van der Waals surface area contributed by atoms with Gasteiger partial charge in [-0.15, -0.1) is 0 Å². The van der Waals surface area contributed by atoms with Crippen LogP contribution < -0.4 is 0 Å². The highest BCUT2D eigenvalue weighted by Crippen LogP contribution is 2.58. The summed E-state index contributed by atoms with van der Waals surface area (Å²) in [7, 11) is 0. The number of allylic oxidation sites excluding steroid dienone is 2. The van der Waals surface area contributed by atoms with Gasteiger partial charge in [-0.05, 0) is 84.2 Å². The SMILES string of the molecule is Cc1cccc2cc3c(cc12)CC1(CC3)CC2=CCC1C2. The molecule has 0 aliphatic heterocycles. The minimum Gasteiger partial charge on any atom is -0.0850 e. The van der Waals surface area contributed by atoms with Gasteiger partial charge < -0.3 is 0 Å². The van der Waals surface area contributed by atoms with E-state index >= 15 is 0 Å². The molecule has 2 unspecified atom stereocenters. The summed E-state index contributed by atoms with van der Waals surface area (Å²) >= 11 is 0. The van der Waals surface area contributed by atoms with Crippen LogP contribution in [0.4, 0.5) is 0 Å². The van der Waals surface area contributed by atoms with Crippen molar-refractivity contribution in [2.75, 3.05) is 0 Å². The summed E-state index contributed by atoms with van der Waals surface area (Å²) in [5.74, 6) is 0.952. The molecule has 1 saturated carbocycles. The molecule has 3 aliphatic carbocycles. The molecule has 0 heterocycles. The first-order valence-corrected chi connectivity index (χ1v) is 8.43. The Bertz CT molecular complexity index is 780. The normalized spacial score (nSPS) is 30.0. The molecule has 0 N–H and O–H groups in total. The molecule has 2 aromatic rings. The molecule has 3 aliphatic rings. The van der Waals surface area contributed by atoms with Crippen molar-refractivity contribution >= 4 is 10.8 Å². The number of benzene rings is 2. The summed E-state index contributed by atoms with van der Waals surface area (Å²) in [4.78, 5) is 0. The Labute approximate surface area is 126 Å². The van der Waals surface area contributed by atoms with Gasteiger partial charge in [-0.1, -0.05) is 42.0 Å². The van der Waals surface area contributed by atoms with Gasteiger partial charge in [0.1, 0.15) is 0 Å². The lowest BCUT2D eigenvalue weighted by molar-refractivity contribution is 0.169. The van der Waals surface area contributed by atoms with E-state index in [1.165, 1.54) is 54.9 Å². The maximum atomic E-state index is 2.52. The summed E-state index contributed by atoms with van der Waals surface area (Å²) in [6.07, 6.45) is 10.7. The molecule has 2 atom stereocenters. The average molecular weight is 274 g/mol. The van der Waals surface area contributed by atoms with Crippen molar-refractivity contribution in [3.05, 3.63) is 58.7 Å². The minimum absolute atomic E-state index is 0.618. The van der Waals surface area contributed by atoms with Crippen LogP contribution in [0.15, 0.2) is 42.0 Å². The molecular weight excluding hydrogens is 252 g/mol. The van der Waals surface area contributed by atoms with E-state index in [1.807, 2.05) is 0 Å². The monoisotopic (exact) mass is 274 g/mol. The van der Waals surface area contributed by atoms with Crippen LogP contribution in [0, 0.1) is 18.3 Å². The number of hydrogen-bond donors (Lipinski definition) is 0. The molecule has 0 saturated heterocycles. The Balaban J connectivity index is 1.63. The fourth-order valence-electron chi connectivity index (χ4n) is 5.32. The second-order valence-corrected chi connectivity index (χ2v) is 7.63. The molecule has 0 heteroatoms. The number of rotatable bonds is 0. The van der Waals surface area contributed by atoms with Gasteiger partial charge in [0, 0.05) is 0 Å². The Hall–Kier alpha value is -1.56. The van der Waals surface area contributed by atoms with E-state index in [2.05, 4.69) is 43.3 Å². The maximum absolute atomic E-state index is 2.52. The first-order chi connectivity index (χ1) is 10.2. The van der Waals surface area contributed by atoms with E-state index in [0.717, 1.165) is 5.92 Å². The molecule has 0 aromatic heterocycles. The van der Waals surface area contributed by atoms with Crippen LogP contribution in [0.3, 0.4) is 0 Å². The van der Waals surface area contributed by atoms with Crippen LogP contribution in [0.5, 0.6) is 0 Å². The highest BCUT2D eigenvalue weighted by molar-refractivity contribution is 5.87. The first kappa shape index (κ1) is 12.0. The molecule has 0 radical (unpaired) electrons. The van der Waals surface area contributed by atoms with Gasteiger partial charge in [0.15, 0.2) is 0 Å². The van der Waals surface area contributed by atoms with E-state index in [4.69, 9.17) is 0 Å². The average Bonchev–Trinajstić information content (AvgIpc) is 3.07. The Morgan fingerprint density at radius 3 is 2.86 bits per heavy atom. The Kier molecular flexibility index (Phi) is 2.29. The van der Waals surface area contributed by atoms with E-state index in [9.17, 15) is 0 Å². The largest absolute Gasteiger partial charge is 0.0850 e. The van der Waals surface area contributed by atoms with Crippen molar-refractivity contribution in [1.82, 2.24) is 0 Å². The van der Waals surface area contributed by atoms with Gasteiger partial charge in [-0.2, -0.15) is 0 Å². The molecule has 2 aromatic carbocycles. The summed E-state index contributed by atoms with van der Waals surface area (Å²) in [6, 6.07) is 11.7. The van der Waals surface area contributed by atoms with Crippen molar-refractivity contribution in [3.8, 4) is 0 Å². The zero-order chi connectivity index (χ0) is 14.0. The van der Waals surface area contributed by atoms with E-state index in [0.29, 0.717) is 5.41 Å². The summed E-state index contributed by atoms with van der Waals surface area (Å²) in [6.45, 7) is 2.25. The highest BCUT2D eigenvalue weighted by Gasteiger charge is 2.48. The lowest BCUT2D eigenvalue weighted by Gasteiger charge is -2.40. The fraction of sp³-hybridized carbons (Fsp3) is 0.429. The van der Waals surface area contributed by atoms with Crippen LogP contribution in [0.2, 0.25) is 0 Å². The van der Waals surface area contributed by atoms with Crippen molar-refractivity contribution in [2.45, 2.75) is 45.4 Å². The van der Waals surface area contributed by atoms with Crippen molar-refractivity contribution in [1.29, 1.82) is 0 Å². The lowest BCUT2D eigenvalue weighted by Crippen LogP contribution is -2.33. The zero-order valence-corrected chi connectivity index (χ0v) is 12.8. The molecule has 0 amide bonds. The lowest BCUT2D eigenvalue weighted by atomic mass is 9.64. The number of fused-ring (bicyclic) bond motifs is 5. The minimum atomic E-state index is 0.618. The van der Waals surface area contributed by atoms with Gasteiger partial charge in [0.05, 0.1) is 0 Å². The Morgan fingerprint density at radius 1 is 1.10 bits per heavy atom. The summed E-state index contributed by atoms with van der Waals surface area (Å²) in [5.41, 5.74) is 7.07. The molecule has 1 fully saturated rings. The smallest absolute Gasteiger partial charge is 0.0152 e. The van der Waals surface area contributed by atoms with Crippen LogP contribution in [-0.4, -0.2) is 0 Å². The van der Waals surface area contributed by atoms with E-state index < -0.39 is 0 Å². The van der Waals surface area contributed by atoms with E-state index in [-0.39, 0.29) is 0 Å². The van der Waals surface area contributed by atoms with Crippen LogP contribution >= 0.6 is 0 Å². The van der Waals surface area contributed by atoms with Crippen molar-refractivity contribution in [3.63, 3.8) is 0 Å². The maximum Gasteiger partial charge on any atom is -0.0152 e. The molecular formula is C21H22.